The van der Waals surface area contributed by atoms with Gasteiger partial charge in [0, 0.05) is 48.1 Å². The number of nitrogens with one attached hydrogen (secondary N) is 3. The van der Waals surface area contributed by atoms with Gasteiger partial charge in [-0.2, -0.15) is 4.98 Å². The minimum Gasteiger partial charge on any atom is -0.439 e. The standard InChI is InChI=1S/C33H29FN6O3/c34-23-8-10-25(11-9-23)37-32(41)29-6-1-2-7-30(29)36-24-12-14-28(15-13-24)43-31-16-17-35-33(39-31)38-26-4-3-5-27(22-26)40-18-20-42-21-19-40/h1-17,22,36H,18-21H2,(H,37,41)(H,35,38,39). The molecular formula is C33H29FN6O3. The molecular weight excluding hydrogens is 547 g/mol. The Bertz CT molecular complexity index is 1690. The molecule has 3 N–H and O–H groups in total. The first kappa shape index (κ1) is 27.7. The summed E-state index contributed by atoms with van der Waals surface area (Å²) in [4.78, 5) is 24.0. The van der Waals surface area contributed by atoms with E-state index in [1.807, 2.05) is 48.5 Å². The van der Waals surface area contributed by atoms with Gasteiger partial charge in [-0.25, -0.2) is 9.37 Å². The number of ether oxygens (including phenoxy) is 2. The average Bonchev–Trinajstić information content (AvgIpc) is 3.04. The van der Waals surface area contributed by atoms with Gasteiger partial charge in [0.25, 0.3) is 5.91 Å². The molecule has 10 heteroatoms. The number of halogens is 1. The van der Waals surface area contributed by atoms with Crippen molar-refractivity contribution in [1.29, 1.82) is 0 Å². The number of amides is 1. The summed E-state index contributed by atoms with van der Waals surface area (Å²) in [6.07, 6.45) is 1.64. The Kier molecular flexibility index (Phi) is 8.37. The summed E-state index contributed by atoms with van der Waals surface area (Å²) < 4.78 is 24.7. The molecule has 1 amide bonds. The molecule has 1 fully saturated rings. The van der Waals surface area contributed by atoms with Crippen LogP contribution >= 0.6 is 0 Å². The number of rotatable bonds is 9. The molecule has 1 saturated heterocycles. The summed E-state index contributed by atoms with van der Waals surface area (Å²) in [6, 6.07) is 29.9. The van der Waals surface area contributed by atoms with E-state index in [1.165, 1.54) is 24.3 Å². The molecule has 5 aromatic rings. The van der Waals surface area contributed by atoms with Crippen molar-refractivity contribution in [3.63, 3.8) is 0 Å². The highest BCUT2D eigenvalue weighted by atomic mass is 19.1. The Morgan fingerprint density at radius 3 is 2.40 bits per heavy atom. The van der Waals surface area contributed by atoms with Crippen molar-refractivity contribution in [3.8, 4) is 11.6 Å². The molecule has 0 atom stereocenters. The average molecular weight is 577 g/mol. The SMILES string of the molecule is O=C(Nc1ccc(F)cc1)c1ccccc1Nc1ccc(Oc2ccnc(Nc3cccc(N4CCOCC4)c3)n2)cc1. The Balaban J connectivity index is 1.09. The third-order valence-electron chi connectivity index (χ3n) is 6.74. The molecule has 43 heavy (non-hydrogen) atoms. The highest BCUT2D eigenvalue weighted by molar-refractivity contribution is 6.08. The van der Waals surface area contributed by atoms with E-state index in [2.05, 4.69) is 43.0 Å². The van der Waals surface area contributed by atoms with E-state index >= 15 is 0 Å². The van der Waals surface area contributed by atoms with Crippen LogP contribution in [0.3, 0.4) is 0 Å². The van der Waals surface area contributed by atoms with Crippen LogP contribution in [0.1, 0.15) is 10.4 Å². The summed E-state index contributed by atoms with van der Waals surface area (Å²) in [7, 11) is 0. The van der Waals surface area contributed by atoms with Crippen LogP contribution in [-0.2, 0) is 4.74 Å². The van der Waals surface area contributed by atoms with Gasteiger partial charge < -0.3 is 30.3 Å². The zero-order valence-electron chi connectivity index (χ0n) is 23.2. The molecule has 0 saturated carbocycles. The maximum atomic E-state index is 13.2. The van der Waals surface area contributed by atoms with Gasteiger partial charge in [-0.05, 0) is 78.9 Å². The number of para-hydroxylation sites is 1. The second kappa shape index (κ2) is 13.0. The van der Waals surface area contributed by atoms with Crippen LogP contribution in [0.5, 0.6) is 11.6 Å². The monoisotopic (exact) mass is 576 g/mol. The normalized spacial score (nSPS) is 12.8. The van der Waals surface area contributed by atoms with E-state index in [0.717, 1.165) is 43.4 Å². The van der Waals surface area contributed by atoms with Crippen LogP contribution in [0.2, 0.25) is 0 Å². The molecule has 0 radical (unpaired) electrons. The largest absolute Gasteiger partial charge is 0.439 e. The van der Waals surface area contributed by atoms with Crippen molar-refractivity contribution in [3.05, 3.63) is 121 Å². The number of carbonyl (C=O) groups is 1. The van der Waals surface area contributed by atoms with Crippen molar-refractivity contribution in [1.82, 2.24) is 9.97 Å². The maximum absolute atomic E-state index is 13.2. The van der Waals surface area contributed by atoms with Crippen molar-refractivity contribution < 1.29 is 18.7 Å². The van der Waals surface area contributed by atoms with E-state index in [4.69, 9.17) is 9.47 Å². The quantitative estimate of drug-likeness (QED) is 0.173. The van der Waals surface area contributed by atoms with Gasteiger partial charge in [0.15, 0.2) is 0 Å². The van der Waals surface area contributed by atoms with Crippen molar-refractivity contribution >= 4 is 40.3 Å². The predicted octanol–water partition coefficient (Wildman–Crippen LogP) is 6.98. The minimum absolute atomic E-state index is 0.310. The van der Waals surface area contributed by atoms with Crippen molar-refractivity contribution in [2.24, 2.45) is 0 Å². The lowest BCUT2D eigenvalue weighted by molar-refractivity contribution is 0.102. The number of benzene rings is 4. The van der Waals surface area contributed by atoms with E-state index < -0.39 is 0 Å². The van der Waals surface area contributed by atoms with Gasteiger partial charge in [-0.15, -0.1) is 0 Å². The lowest BCUT2D eigenvalue weighted by Crippen LogP contribution is -2.36. The molecule has 0 bridgehead atoms. The Morgan fingerprint density at radius 2 is 1.58 bits per heavy atom. The molecule has 2 heterocycles. The number of hydrogen-bond acceptors (Lipinski definition) is 8. The van der Waals surface area contributed by atoms with Gasteiger partial charge in [0.2, 0.25) is 11.8 Å². The van der Waals surface area contributed by atoms with Crippen molar-refractivity contribution in [2.75, 3.05) is 47.2 Å². The third kappa shape index (κ3) is 7.24. The zero-order valence-corrected chi connectivity index (χ0v) is 23.2. The second-order valence-corrected chi connectivity index (χ2v) is 9.75. The molecule has 4 aromatic carbocycles. The highest BCUT2D eigenvalue weighted by Crippen LogP contribution is 2.27. The summed E-state index contributed by atoms with van der Waals surface area (Å²) in [5, 5.41) is 9.34. The molecule has 1 aliphatic heterocycles. The van der Waals surface area contributed by atoms with Crippen LogP contribution in [0.25, 0.3) is 0 Å². The number of carbonyl (C=O) groups excluding carboxylic acids is 1. The fourth-order valence-corrected chi connectivity index (χ4v) is 4.59. The molecule has 1 aromatic heterocycles. The smallest absolute Gasteiger partial charge is 0.257 e. The van der Waals surface area contributed by atoms with E-state index in [1.54, 1.807) is 24.4 Å². The molecule has 216 valence electrons. The highest BCUT2D eigenvalue weighted by Gasteiger charge is 2.13. The van der Waals surface area contributed by atoms with Gasteiger partial charge in [0.05, 0.1) is 24.5 Å². The number of aromatic nitrogens is 2. The predicted molar refractivity (Wildman–Crippen MR) is 165 cm³/mol. The van der Waals surface area contributed by atoms with Crippen LogP contribution in [0, 0.1) is 5.82 Å². The molecule has 0 spiro atoms. The lowest BCUT2D eigenvalue weighted by atomic mass is 10.1. The van der Waals surface area contributed by atoms with Crippen LogP contribution in [0.15, 0.2) is 109 Å². The summed E-state index contributed by atoms with van der Waals surface area (Å²) in [6.45, 7) is 3.16. The zero-order chi connectivity index (χ0) is 29.4. The topological polar surface area (TPSA) is 101 Å². The first-order chi connectivity index (χ1) is 21.1. The van der Waals surface area contributed by atoms with E-state index in [0.29, 0.717) is 34.5 Å². The molecule has 9 nitrogen and oxygen atoms in total. The Labute approximate surface area is 248 Å². The third-order valence-corrected chi connectivity index (χ3v) is 6.74. The second-order valence-electron chi connectivity index (χ2n) is 9.75. The van der Waals surface area contributed by atoms with Gasteiger partial charge in [-0.1, -0.05) is 18.2 Å². The number of nitrogens with zero attached hydrogens (tertiary/aromatic N) is 3. The first-order valence-corrected chi connectivity index (χ1v) is 13.8. The van der Waals surface area contributed by atoms with Gasteiger partial charge >= 0.3 is 0 Å². The number of hydrogen-bond donors (Lipinski definition) is 3. The first-order valence-electron chi connectivity index (χ1n) is 13.8. The summed E-state index contributed by atoms with van der Waals surface area (Å²) in [5.74, 6) is 0.730. The van der Waals surface area contributed by atoms with E-state index in [9.17, 15) is 9.18 Å². The number of morpholine rings is 1. The molecule has 0 aliphatic carbocycles. The summed E-state index contributed by atoms with van der Waals surface area (Å²) >= 11 is 0. The lowest BCUT2D eigenvalue weighted by Gasteiger charge is -2.29. The molecule has 6 rings (SSSR count). The Hall–Kier alpha value is -5.48. The Morgan fingerprint density at radius 1 is 0.814 bits per heavy atom. The van der Waals surface area contributed by atoms with Crippen molar-refractivity contribution in [2.45, 2.75) is 0 Å². The fourth-order valence-electron chi connectivity index (χ4n) is 4.59. The molecule has 0 unspecified atom stereocenters. The van der Waals surface area contributed by atoms with Crippen LogP contribution < -0.4 is 25.6 Å². The maximum Gasteiger partial charge on any atom is 0.257 e. The molecule has 1 aliphatic rings. The van der Waals surface area contributed by atoms with Gasteiger partial charge in [-0.3, -0.25) is 4.79 Å². The fraction of sp³-hybridized carbons (Fsp3) is 0.121. The minimum atomic E-state index is -0.366. The van der Waals surface area contributed by atoms with Gasteiger partial charge in [0.1, 0.15) is 11.6 Å². The number of anilines is 6. The van der Waals surface area contributed by atoms with Crippen LogP contribution in [-0.4, -0.2) is 42.2 Å². The van der Waals surface area contributed by atoms with E-state index in [-0.39, 0.29) is 11.7 Å². The summed E-state index contributed by atoms with van der Waals surface area (Å²) in [5.41, 5.74) is 4.34. The van der Waals surface area contributed by atoms with Crippen LogP contribution in [0.4, 0.5) is 38.8 Å².